The maximum absolute atomic E-state index is 12.5. The molecule has 1 amide bonds. The van der Waals surface area contributed by atoms with E-state index in [0.717, 1.165) is 57.8 Å². The molecule has 0 radical (unpaired) electrons. The van der Waals surface area contributed by atoms with Gasteiger partial charge in [0.1, 0.15) is 0 Å². The highest BCUT2D eigenvalue weighted by atomic mass is 16.5. The minimum absolute atomic E-state index is 0.0149. The maximum atomic E-state index is 12.5. The first-order valence-corrected chi connectivity index (χ1v) is 38.6. The van der Waals surface area contributed by atoms with Gasteiger partial charge in [-0.25, -0.2) is 0 Å². The molecule has 0 saturated heterocycles. The zero-order valence-corrected chi connectivity index (χ0v) is 57.8. The molecular weight excluding hydrogens is 1050 g/mol. The Labute approximate surface area is 537 Å². The van der Waals surface area contributed by atoms with E-state index in [1.54, 1.807) is 6.08 Å². The number of hydrogen-bond acceptors (Lipinski definition) is 5. The fourth-order valence-electron chi connectivity index (χ4n) is 11.9. The monoisotopic (exact) mass is 1200 g/mol. The van der Waals surface area contributed by atoms with E-state index in [0.29, 0.717) is 19.4 Å². The molecule has 3 N–H and O–H groups in total. The van der Waals surface area contributed by atoms with Gasteiger partial charge in [-0.1, -0.05) is 364 Å². The van der Waals surface area contributed by atoms with E-state index in [1.165, 1.54) is 327 Å². The number of aliphatic hydroxyl groups excluding tert-OH is 2. The van der Waals surface area contributed by atoms with Crippen LogP contribution in [0, 0.1) is 0 Å². The van der Waals surface area contributed by atoms with Crippen LogP contribution in [0.15, 0.2) is 60.8 Å². The third-order valence-corrected chi connectivity index (χ3v) is 17.8. The lowest BCUT2D eigenvalue weighted by atomic mass is 10.0. The minimum atomic E-state index is -0.842. The Kier molecular flexibility index (Phi) is 72.9. The number of hydrogen-bond donors (Lipinski definition) is 3. The van der Waals surface area contributed by atoms with Gasteiger partial charge in [0.05, 0.1) is 25.4 Å². The second kappa shape index (κ2) is 75.0. The van der Waals surface area contributed by atoms with Gasteiger partial charge in [-0.15, -0.1) is 0 Å². The standard InChI is InChI=1S/C80H149NO5/c1-3-5-7-9-11-13-15-17-18-19-39-43-46-50-54-58-62-66-70-74-80(85)86-75-71-67-63-59-55-51-47-44-41-38-36-34-32-30-28-26-24-22-20-21-23-25-27-29-31-33-35-37-40-42-45-49-53-57-61-65-69-73-79(84)81-77(76-82)78(83)72-68-64-60-56-52-48-16-14-12-10-8-6-4-2/h11,13,17-18,20,22,26,28,68,72,77-78,82-83H,3-10,12,14-16,19,21,23-25,27,29-67,69-71,73-76H2,1-2H3,(H,81,84)/b13-11-,18-17-,22-20-,28-26-,72-68+. The van der Waals surface area contributed by atoms with E-state index >= 15 is 0 Å². The molecule has 6 nitrogen and oxygen atoms in total. The highest BCUT2D eigenvalue weighted by Crippen LogP contribution is 2.19. The molecular formula is C80H149NO5. The first-order valence-electron chi connectivity index (χ1n) is 38.6. The maximum Gasteiger partial charge on any atom is 0.305 e. The van der Waals surface area contributed by atoms with Gasteiger partial charge in [-0.2, -0.15) is 0 Å². The predicted molar refractivity (Wildman–Crippen MR) is 379 cm³/mol. The fourth-order valence-corrected chi connectivity index (χ4v) is 11.9. The fraction of sp³-hybridized carbons (Fsp3) is 0.850. The Morgan fingerprint density at radius 1 is 0.326 bits per heavy atom. The molecule has 2 atom stereocenters. The molecule has 0 rings (SSSR count). The number of ether oxygens (including phenoxy) is 1. The first kappa shape index (κ1) is 83.6. The second-order valence-corrected chi connectivity index (χ2v) is 26.3. The highest BCUT2D eigenvalue weighted by molar-refractivity contribution is 5.76. The number of carbonyl (C=O) groups excluding carboxylic acids is 2. The number of esters is 1. The van der Waals surface area contributed by atoms with Gasteiger partial charge < -0.3 is 20.3 Å². The lowest BCUT2D eigenvalue weighted by Gasteiger charge is -2.20. The van der Waals surface area contributed by atoms with Crippen LogP contribution in [0.1, 0.15) is 412 Å². The summed E-state index contributed by atoms with van der Waals surface area (Å²) in [6, 6.07) is -0.626. The average Bonchev–Trinajstić information content (AvgIpc) is 3.54. The van der Waals surface area contributed by atoms with Crippen LogP contribution in [-0.4, -0.2) is 47.4 Å². The van der Waals surface area contributed by atoms with Crippen molar-refractivity contribution in [1.82, 2.24) is 5.32 Å². The number of carbonyl (C=O) groups is 2. The lowest BCUT2D eigenvalue weighted by molar-refractivity contribution is -0.143. The van der Waals surface area contributed by atoms with Gasteiger partial charge in [0.25, 0.3) is 0 Å². The van der Waals surface area contributed by atoms with E-state index in [9.17, 15) is 19.8 Å². The van der Waals surface area contributed by atoms with Crippen LogP contribution in [0.3, 0.4) is 0 Å². The summed E-state index contributed by atoms with van der Waals surface area (Å²) in [6.45, 7) is 4.90. The average molecular weight is 1210 g/mol. The molecule has 504 valence electrons. The SMILES string of the molecule is CCCCC/C=C\C/C=C\CCCCCCCCCCCC(=O)OCCCCCCCCCCCCCCC/C=C\C/C=C\CCCCCCCCCCCCCCCCCCCC(=O)NC(CO)C(O)/C=C/CCCCCCCCCCCCC. The van der Waals surface area contributed by atoms with E-state index in [4.69, 9.17) is 4.74 Å². The third kappa shape index (κ3) is 70.6. The number of amides is 1. The topological polar surface area (TPSA) is 95.9 Å². The van der Waals surface area contributed by atoms with Gasteiger partial charge in [-0.3, -0.25) is 9.59 Å². The van der Waals surface area contributed by atoms with E-state index < -0.39 is 12.1 Å². The van der Waals surface area contributed by atoms with Crippen molar-refractivity contribution in [3.8, 4) is 0 Å². The van der Waals surface area contributed by atoms with Crippen LogP contribution in [0.4, 0.5) is 0 Å². The van der Waals surface area contributed by atoms with Crippen LogP contribution >= 0.6 is 0 Å². The molecule has 6 heteroatoms. The van der Waals surface area contributed by atoms with Crippen molar-refractivity contribution in [2.75, 3.05) is 13.2 Å². The number of aliphatic hydroxyl groups is 2. The molecule has 0 heterocycles. The van der Waals surface area contributed by atoms with E-state index in [2.05, 4.69) is 67.8 Å². The van der Waals surface area contributed by atoms with Crippen LogP contribution in [0.5, 0.6) is 0 Å². The van der Waals surface area contributed by atoms with Crippen molar-refractivity contribution in [3.05, 3.63) is 60.8 Å². The van der Waals surface area contributed by atoms with Crippen LogP contribution in [0.2, 0.25) is 0 Å². The molecule has 86 heavy (non-hydrogen) atoms. The van der Waals surface area contributed by atoms with Gasteiger partial charge >= 0.3 is 5.97 Å². The zero-order valence-electron chi connectivity index (χ0n) is 57.8. The van der Waals surface area contributed by atoms with Crippen molar-refractivity contribution in [3.63, 3.8) is 0 Å². The van der Waals surface area contributed by atoms with Crippen molar-refractivity contribution in [2.45, 2.75) is 424 Å². The largest absolute Gasteiger partial charge is 0.466 e. The number of nitrogens with one attached hydrogen (secondary N) is 1. The molecule has 0 aromatic rings. The van der Waals surface area contributed by atoms with Crippen LogP contribution in [-0.2, 0) is 14.3 Å². The van der Waals surface area contributed by atoms with Crippen molar-refractivity contribution in [1.29, 1.82) is 0 Å². The highest BCUT2D eigenvalue weighted by Gasteiger charge is 2.18. The van der Waals surface area contributed by atoms with Gasteiger partial charge in [0, 0.05) is 12.8 Å². The summed E-state index contributed by atoms with van der Waals surface area (Å²) in [5, 5.41) is 23.1. The Hall–Kier alpha value is -2.44. The minimum Gasteiger partial charge on any atom is -0.466 e. The van der Waals surface area contributed by atoms with Crippen molar-refractivity contribution in [2.24, 2.45) is 0 Å². The predicted octanol–water partition coefficient (Wildman–Crippen LogP) is 25.4. The number of rotatable bonds is 72. The number of allylic oxidation sites excluding steroid dienone is 9. The van der Waals surface area contributed by atoms with Gasteiger partial charge in [0.15, 0.2) is 0 Å². The quantitative estimate of drug-likeness (QED) is 0.0320. The Morgan fingerprint density at radius 2 is 0.581 bits per heavy atom. The first-order chi connectivity index (χ1) is 42.5. The molecule has 0 aromatic carbocycles. The van der Waals surface area contributed by atoms with Crippen LogP contribution < -0.4 is 5.32 Å². The molecule has 0 aliphatic heterocycles. The summed E-state index contributed by atoms with van der Waals surface area (Å²) in [4.78, 5) is 24.6. The smallest absolute Gasteiger partial charge is 0.305 e. The van der Waals surface area contributed by atoms with Gasteiger partial charge in [0.2, 0.25) is 5.91 Å². The molecule has 0 saturated carbocycles. The molecule has 2 unspecified atom stereocenters. The van der Waals surface area contributed by atoms with E-state index in [-0.39, 0.29) is 18.5 Å². The van der Waals surface area contributed by atoms with Crippen molar-refractivity contribution >= 4 is 11.9 Å². The summed E-state index contributed by atoms with van der Waals surface area (Å²) in [5.74, 6) is -0.0494. The number of unbranched alkanes of at least 4 members (excludes halogenated alkanes) is 53. The third-order valence-electron chi connectivity index (χ3n) is 17.8. The second-order valence-electron chi connectivity index (χ2n) is 26.3. The van der Waals surface area contributed by atoms with E-state index in [1.807, 2.05) is 6.08 Å². The molecule has 0 aliphatic carbocycles. The normalized spacial score (nSPS) is 12.8. The molecule has 0 fully saturated rings. The summed E-state index contributed by atoms with van der Waals surface area (Å²) >= 11 is 0. The lowest BCUT2D eigenvalue weighted by Crippen LogP contribution is -2.45. The Bertz CT molecular complexity index is 1480. The summed E-state index contributed by atoms with van der Waals surface area (Å²) in [5.41, 5.74) is 0. The van der Waals surface area contributed by atoms with Crippen molar-refractivity contribution < 1.29 is 24.5 Å². The molecule has 0 aliphatic rings. The Morgan fingerprint density at radius 3 is 0.907 bits per heavy atom. The summed E-state index contributed by atoms with van der Waals surface area (Å²) < 4.78 is 5.51. The van der Waals surface area contributed by atoms with Crippen LogP contribution in [0.25, 0.3) is 0 Å². The Balaban J connectivity index is 3.36. The summed E-state index contributed by atoms with van der Waals surface area (Å²) in [7, 11) is 0. The van der Waals surface area contributed by atoms with Gasteiger partial charge in [-0.05, 0) is 96.3 Å². The molecule has 0 bridgehead atoms. The zero-order chi connectivity index (χ0) is 62.0. The summed E-state index contributed by atoms with van der Waals surface area (Å²) in [6.07, 6.45) is 101. The molecule has 0 aromatic heterocycles. The molecule has 0 spiro atoms.